The summed E-state index contributed by atoms with van der Waals surface area (Å²) < 4.78 is 5.42. The van der Waals surface area contributed by atoms with E-state index < -0.39 is 0 Å². The molecule has 1 saturated heterocycles. The van der Waals surface area contributed by atoms with Gasteiger partial charge in [0.1, 0.15) is 0 Å². The Bertz CT molecular complexity index is 193. The fourth-order valence-corrected chi connectivity index (χ4v) is 3.52. The molecule has 1 aliphatic rings. The molecule has 1 heterocycles. The maximum Gasteiger partial charge on any atom is 0.0616 e. The monoisotopic (exact) mass is 246 g/mol. The molecule has 16 heavy (non-hydrogen) atoms. The van der Waals surface area contributed by atoms with Gasteiger partial charge in [-0.1, -0.05) is 0 Å². The zero-order valence-electron chi connectivity index (χ0n) is 11.1. The number of ether oxygens (including phenoxy) is 1. The first kappa shape index (κ1) is 14.3. The molecule has 96 valence electrons. The minimum atomic E-state index is 0.352. The molecule has 1 rings (SSSR count). The van der Waals surface area contributed by atoms with Gasteiger partial charge in [-0.3, -0.25) is 0 Å². The van der Waals surface area contributed by atoms with Crippen molar-refractivity contribution in [3.8, 4) is 0 Å². The number of hydrogen-bond acceptors (Lipinski definition) is 4. The van der Waals surface area contributed by atoms with Crippen LogP contribution in [0, 0.1) is 0 Å². The third kappa shape index (κ3) is 3.91. The molecule has 2 atom stereocenters. The highest BCUT2D eigenvalue weighted by Crippen LogP contribution is 2.31. The number of nitrogens with zero attached hydrogens (tertiary/aromatic N) is 1. The minimum absolute atomic E-state index is 0.352. The normalized spacial score (nSPS) is 27.6. The molecule has 0 aromatic heterocycles. The van der Waals surface area contributed by atoms with Gasteiger partial charge in [-0.05, 0) is 40.1 Å². The lowest BCUT2D eigenvalue weighted by molar-refractivity contribution is 0.115. The van der Waals surface area contributed by atoms with Crippen LogP contribution in [-0.4, -0.2) is 61.8 Å². The minimum Gasteiger partial charge on any atom is -0.380 e. The topological polar surface area (TPSA) is 24.5 Å². The summed E-state index contributed by atoms with van der Waals surface area (Å²) in [6, 6.07) is 0.447. The van der Waals surface area contributed by atoms with E-state index >= 15 is 0 Å². The molecule has 1 aliphatic heterocycles. The molecule has 0 aromatic carbocycles. The summed E-state index contributed by atoms with van der Waals surface area (Å²) in [5.74, 6) is 2.54. The fourth-order valence-electron chi connectivity index (χ4n) is 1.96. The van der Waals surface area contributed by atoms with E-state index in [0.29, 0.717) is 11.6 Å². The Morgan fingerprint density at radius 2 is 2.25 bits per heavy atom. The summed E-state index contributed by atoms with van der Waals surface area (Å²) in [6.07, 6.45) is 1.29. The summed E-state index contributed by atoms with van der Waals surface area (Å²) in [6.45, 7) is 6.93. The fraction of sp³-hybridized carbons (Fsp3) is 1.00. The lowest BCUT2D eigenvalue weighted by atomic mass is 9.97. The lowest BCUT2D eigenvalue weighted by Gasteiger charge is -2.36. The predicted molar refractivity (Wildman–Crippen MR) is 72.3 cm³/mol. The van der Waals surface area contributed by atoms with Gasteiger partial charge in [-0.25, -0.2) is 0 Å². The molecule has 0 aromatic rings. The van der Waals surface area contributed by atoms with E-state index in [2.05, 4.69) is 43.0 Å². The van der Waals surface area contributed by atoms with E-state index in [-0.39, 0.29) is 0 Å². The molecule has 0 radical (unpaired) electrons. The Hall–Kier alpha value is 0.230. The molecular weight excluding hydrogens is 220 g/mol. The molecule has 0 amide bonds. The van der Waals surface area contributed by atoms with E-state index in [4.69, 9.17) is 4.74 Å². The maximum absolute atomic E-state index is 5.42. The number of likely N-dealkylation sites (N-methyl/N-ethyl adjacent to an activating group) is 1. The van der Waals surface area contributed by atoms with Gasteiger partial charge in [0, 0.05) is 30.5 Å². The summed E-state index contributed by atoms with van der Waals surface area (Å²) in [5, 5.41) is 3.60. The number of hydrogen-bond donors (Lipinski definition) is 1. The largest absolute Gasteiger partial charge is 0.380 e. The Kier molecular flexibility index (Phi) is 6.11. The van der Waals surface area contributed by atoms with Crippen LogP contribution in [0.4, 0.5) is 0 Å². The Morgan fingerprint density at radius 1 is 1.50 bits per heavy atom. The van der Waals surface area contributed by atoms with Gasteiger partial charge in [0.05, 0.1) is 6.61 Å². The summed E-state index contributed by atoms with van der Waals surface area (Å²) >= 11 is 2.07. The highest BCUT2D eigenvalue weighted by atomic mass is 32.2. The highest BCUT2D eigenvalue weighted by Gasteiger charge is 2.36. The molecule has 0 bridgehead atoms. The average Bonchev–Trinajstić information content (AvgIpc) is 2.73. The van der Waals surface area contributed by atoms with Gasteiger partial charge in [-0.15, -0.1) is 0 Å². The van der Waals surface area contributed by atoms with Crippen molar-refractivity contribution in [3.05, 3.63) is 0 Å². The maximum atomic E-state index is 5.42. The van der Waals surface area contributed by atoms with Crippen LogP contribution in [0.3, 0.4) is 0 Å². The van der Waals surface area contributed by atoms with Crippen molar-refractivity contribution < 1.29 is 4.74 Å². The molecule has 0 saturated carbocycles. The van der Waals surface area contributed by atoms with Gasteiger partial charge in [0.25, 0.3) is 0 Å². The van der Waals surface area contributed by atoms with Crippen molar-refractivity contribution in [2.75, 3.05) is 45.4 Å². The summed E-state index contributed by atoms with van der Waals surface area (Å²) in [5.41, 5.74) is 0.352. The first-order valence-electron chi connectivity index (χ1n) is 6.17. The third-order valence-electron chi connectivity index (χ3n) is 3.38. The van der Waals surface area contributed by atoms with Crippen LogP contribution < -0.4 is 5.32 Å². The highest BCUT2D eigenvalue weighted by molar-refractivity contribution is 7.99. The van der Waals surface area contributed by atoms with Gasteiger partial charge in [0.2, 0.25) is 0 Å². The smallest absolute Gasteiger partial charge is 0.0616 e. The van der Waals surface area contributed by atoms with Crippen LogP contribution in [0.2, 0.25) is 0 Å². The number of thioether (sulfide) groups is 1. The number of rotatable bonds is 7. The molecule has 1 N–H and O–H groups in total. The van der Waals surface area contributed by atoms with Crippen molar-refractivity contribution in [2.45, 2.75) is 31.8 Å². The van der Waals surface area contributed by atoms with Crippen LogP contribution in [0.1, 0.15) is 20.3 Å². The first-order chi connectivity index (χ1) is 7.60. The summed E-state index contributed by atoms with van der Waals surface area (Å²) in [4.78, 5) is 2.38. The van der Waals surface area contributed by atoms with Crippen LogP contribution in [-0.2, 0) is 4.74 Å². The summed E-state index contributed by atoms with van der Waals surface area (Å²) in [7, 11) is 4.39. The van der Waals surface area contributed by atoms with E-state index in [1.165, 1.54) is 17.9 Å². The zero-order chi connectivity index (χ0) is 12.0. The first-order valence-corrected chi connectivity index (χ1v) is 7.32. The van der Waals surface area contributed by atoms with Gasteiger partial charge in [0.15, 0.2) is 0 Å². The van der Waals surface area contributed by atoms with Crippen LogP contribution in [0.5, 0.6) is 0 Å². The van der Waals surface area contributed by atoms with Gasteiger partial charge in [-0.2, -0.15) is 11.8 Å². The standard InChI is InChI=1S/C12H26N2OS/c1-5-15-8-11(2)13-9-12(14(3)4)6-7-16-10-12/h11,13H,5-10H2,1-4H3. The molecule has 3 nitrogen and oxygen atoms in total. The number of nitrogens with one attached hydrogen (secondary N) is 1. The quantitative estimate of drug-likeness (QED) is 0.735. The average molecular weight is 246 g/mol. The van der Waals surface area contributed by atoms with Crippen molar-refractivity contribution in [3.63, 3.8) is 0 Å². The van der Waals surface area contributed by atoms with Crippen molar-refractivity contribution in [2.24, 2.45) is 0 Å². The molecule has 2 unspecified atom stereocenters. The van der Waals surface area contributed by atoms with E-state index in [9.17, 15) is 0 Å². The molecule has 0 spiro atoms. The Balaban J connectivity index is 2.33. The second-order valence-electron chi connectivity index (χ2n) is 4.86. The second kappa shape index (κ2) is 6.84. The van der Waals surface area contributed by atoms with Gasteiger partial charge >= 0.3 is 0 Å². The second-order valence-corrected chi connectivity index (χ2v) is 5.97. The molecule has 1 fully saturated rings. The van der Waals surface area contributed by atoms with Crippen LogP contribution in [0.15, 0.2) is 0 Å². The predicted octanol–water partition coefficient (Wildman–Crippen LogP) is 1.44. The SMILES string of the molecule is CCOCC(C)NCC1(N(C)C)CCSC1. The molecule has 0 aliphatic carbocycles. The van der Waals surface area contributed by atoms with Crippen molar-refractivity contribution >= 4 is 11.8 Å². The van der Waals surface area contributed by atoms with E-state index in [1.807, 2.05) is 6.92 Å². The van der Waals surface area contributed by atoms with Crippen molar-refractivity contribution in [1.29, 1.82) is 0 Å². The Morgan fingerprint density at radius 3 is 2.75 bits per heavy atom. The van der Waals surface area contributed by atoms with Crippen molar-refractivity contribution in [1.82, 2.24) is 10.2 Å². The molecular formula is C12H26N2OS. The molecule has 4 heteroatoms. The van der Waals surface area contributed by atoms with Crippen LogP contribution in [0.25, 0.3) is 0 Å². The van der Waals surface area contributed by atoms with E-state index in [1.54, 1.807) is 0 Å². The van der Waals surface area contributed by atoms with E-state index in [0.717, 1.165) is 19.8 Å². The third-order valence-corrected chi connectivity index (χ3v) is 4.62. The zero-order valence-corrected chi connectivity index (χ0v) is 11.9. The Labute approximate surface area is 104 Å². The lowest BCUT2D eigenvalue weighted by Crippen LogP contribution is -2.53. The van der Waals surface area contributed by atoms with Gasteiger partial charge < -0.3 is 15.0 Å². The van der Waals surface area contributed by atoms with Crippen LogP contribution >= 0.6 is 11.8 Å².